The van der Waals surface area contributed by atoms with Crippen LogP contribution in [0.4, 0.5) is 9.09 Å². The summed E-state index contributed by atoms with van der Waals surface area (Å²) < 4.78 is 13.1. The molecule has 0 saturated carbocycles. The van der Waals surface area contributed by atoms with Gasteiger partial charge in [0.15, 0.2) is 0 Å². The number of alkyl halides is 1. The van der Waals surface area contributed by atoms with Crippen LogP contribution < -0.4 is 10.4 Å². The molecule has 0 heterocycles. The summed E-state index contributed by atoms with van der Waals surface area (Å²) in [7, 11) is -1.60. The number of hydrogen-bond donors (Lipinski definition) is 0. The molecule has 2 rings (SSSR count). The van der Waals surface area contributed by atoms with Gasteiger partial charge in [-0.2, -0.15) is 0 Å². The first-order chi connectivity index (χ1) is 7.42. The smallest absolute Gasteiger partial charge is 0.137 e. The molecule has 0 aliphatic carbocycles. The quantitative estimate of drug-likeness (QED) is 0.711. The van der Waals surface area contributed by atoms with Gasteiger partial charge in [0.25, 0.3) is 0 Å². The van der Waals surface area contributed by atoms with Crippen molar-refractivity contribution >= 4 is 19.2 Å². The van der Waals surface area contributed by atoms with Crippen LogP contribution in [0.2, 0.25) is 0 Å². The van der Waals surface area contributed by atoms with E-state index in [1.165, 1.54) is 10.4 Å². The zero-order valence-electron chi connectivity index (χ0n) is 8.84. The second-order valence-corrected chi connectivity index (χ2v) is 6.28. The van der Waals surface area contributed by atoms with Crippen LogP contribution in [0.1, 0.15) is 0 Å². The molecule has 0 N–H and O–H groups in total. The van der Waals surface area contributed by atoms with Gasteiger partial charge in [-0.05, 0) is 0 Å². The van der Waals surface area contributed by atoms with Crippen LogP contribution in [0.15, 0.2) is 60.7 Å². The molecule has 0 spiro atoms. The average molecular weight is 236 g/mol. The van der Waals surface area contributed by atoms with Gasteiger partial charge in [0.05, 0.1) is 6.30 Å². The van der Waals surface area contributed by atoms with Crippen molar-refractivity contribution in [3.05, 3.63) is 60.7 Å². The van der Waals surface area contributed by atoms with Gasteiger partial charge in [-0.15, -0.1) is 0 Å². The van der Waals surface area contributed by atoms with E-state index in [4.69, 9.17) is 0 Å². The topological polar surface area (TPSA) is 0 Å². The standard InChI is InChI=1S/C13H13FSi.FH/c14-11-15(12-7-3-1-4-8-12)13-9-5-2-6-10-13;/h1-10,15H,11H2;1H. The molecule has 0 aromatic heterocycles. The summed E-state index contributed by atoms with van der Waals surface area (Å²) in [6.45, 7) is 0. The minimum Gasteiger partial charge on any atom is -0.269 e. The average Bonchev–Trinajstić information content (AvgIpc) is 2.33. The summed E-state index contributed by atoms with van der Waals surface area (Å²) in [5, 5.41) is 2.34. The highest BCUT2D eigenvalue weighted by atomic mass is 28.3. The van der Waals surface area contributed by atoms with Crippen molar-refractivity contribution in [3.63, 3.8) is 0 Å². The summed E-state index contributed by atoms with van der Waals surface area (Å²) in [6.07, 6.45) is -0.214. The summed E-state index contributed by atoms with van der Waals surface area (Å²) in [4.78, 5) is 0. The molecule has 0 aliphatic heterocycles. The highest BCUT2D eigenvalue weighted by Crippen LogP contribution is 1.93. The van der Waals surface area contributed by atoms with Crippen LogP contribution >= 0.6 is 0 Å². The predicted molar refractivity (Wildman–Crippen MR) is 67.8 cm³/mol. The molecule has 84 valence electrons. The Morgan fingerprint density at radius 2 is 1.12 bits per heavy atom. The first kappa shape index (κ1) is 12.6. The lowest BCUT2D eigenvalue weighted by Gasteiger charge is -2.11. The van der Waals surface area contributed by atoms with E-state index in [9.17, 15) is 4.39 Å². The first-order valence-electron chi connectivity index (χ1n) is 5.07. The molecule has 0 nitrogen and oxygen atoms in total. The van der Waals surface area contributed by atoms with Gasteiger partial charge in [0, 0.05) is 0 Å². The van der Waals surface area contributed by atoms with Gasteiger partial charge in [0.2, 0.25) is 0 Å². The fraction of sp³-hybridized carbons (Fsp3) is 0.0769. The Morgan fingerprint density at radius 1 is 0.750 bits per heavy atom. The lowest BCUT2D eigenvalue weighted by molar-refractivity contribution is 0.592. The van der Waals surface area contributed by atoms with Crippen molar-refractivity contribution in [2.75, 3.05) is 6.30 Å². The van der Waals surface area contributed by atoms with E-state index in [-0.39, 0.29) is 11.0 Å². The van der Waals surface area contributed by atoms with Gasteiger partial charge in [-0.25, -0.2) is 0 Å². The predicted octanol–water partition coefficient (Wildman–Crippen LogP) is 1.69. The van der Waals surface area contributed by atoms with E-state index in [1.54, 1.807) is 0 Å². The molecule has 0 unspecified atom stereocenters. The fourth-order valence-corrected chi connectivity index (χ4v) is 3.86. The molecule has 0 aliphatic rings. The zero-order chi connectivity index (χ0) is 10.5. The maximum Gasteiger partial charge on any atom is 0.137 e. The Balaban J connectivity index is 0.00000128. The normalized spacial score (nSPS) is 9.88. The van der Waals surface area contributed by atoms with Crippen molar-refractivity contribution in [3.8, 4) is 0 Å². The van der Waals surface area contributed by atoms with Gasteiger partial charge < -0.3 is 0 Å². The van der Waals surface area contributed by atoms with Crippen molar-refractivity contribution in [2.24, 2.45) is 0 Å². The van der Waals surface area contributed by atoms with E-state index in [2.05, 4.69) is 0 Å². The van der Waals surface area contributed by atoms with Crippen LogP contribution in [0.3, 0.4) is 0 Å². The molecular weight excluding hydrogens is 222 g/mol. The highest BCUT2D eigenvalue weighted by Gasteiger charge is 2.14. The number of halogens is 2. The lowest BCUT2D eigenvalue weighted by Crippen LogP contribution is -2.44. The molecule has 2 aromatic rings. The van der Waals surface area contributed by atoms with Crippen LogP contribution in [0.25, 0.3) is 0 Å². The second-order valence-electron chi connectivity index (χ2n) is 3.53. The van der Waals surface area contributed by atoms with Crippen molar-refractivity contribution in [1.29, 1.82) is 0 Å². The molecule has 0 saturated heterocycles. The van der Waals surface area contributed by atoms with E-state index < -0.39 is 8.80 Å². The zero-order valence-corrected chi connectivity index (χ0v) is 10.00. The SMILES string of the molecule is F.FC[SiH](c1ccccc1)c1ccccc1. The van der Waals surface area contributed by atoms with Crippen LogP contribution in [-0.2, 0) is 0 Å². The number of hydrogen-bond acceptors (Lipinski definition) is 0. The van der Waals surface area contributed by atoms with Crippen LogP contribution in [-0.4, -0.2) is 15.1 Å². The maximum absolute atomic E-state index is 13.1. The van der Waals surface area contributed by atoms with E-state index in [0.29, 0.717) is 0 Å². The van der Waals surface area contributed by atoms with E-state index >= 15 is 0 Å². The summed E-state index contributed by atoms with van der Waals surface area (Å²) in [5.41, 5.74) is 0. The Labute approximate surface area is 95.7 Å². The molecule has 0 bridgehead atoms. The minimum absolute atomic E-state index is 0. The molecule has 3 heteroatoms. The number of benzene rings is 2. The monoisotopic (exact) mass is 236 g/mol. The molecule has 2 aromatic carbocycles. The fourth-order valence-electron chi connectivity index (χ4n) is 1.74. The third kappa shape index (κ3) is 2.76. The summed E-state index contributed by atoms with van der Waals surface area (Å²) in [5.74, 6) is 0. The first-order valence-corrected chi connectivity index (χ1v) is 7.05. The van der Waals surface area contributed by atoms with E-state index in [1.807, 2.05) is 60.7 Å². The third-order valence-corrected chi connectivity index (χ3v) is 5.25. The van der Waals surface area contributed by atoms with Gasteiger partial charge in [-0.3, -0.25) is 9.09 Å². The van der Waals surface area contributed by atoms with Gasteiger partial charge in [0.1, 0.15) is 8.80 Å². The van der Waals surface area contributed by atoms with Crippen LogP contribution in [0.5, 0.6) is 0 Å². The molecule has 0 radical (unpaired) electrons. The van der Waals surface area contributed by atoms with Crippen LogP contribution in [0, 0.1) is 0 Å². The third-order valence-electron chi connectivity index (χ3n) is 2.56. The minimum atomic E-state index is -1.60. The van der Waals surface area contributed by atoms with Gasteiger partial charge >= 0.3 is 0 Å². The summed E-state index contributed by atoms with van der Waals surface area (Å²) >= 11 is 0. The Bertz CT molecular complexity index is 363. The Morgan fingerprint density at radius 3 is 1.44 bits per heavy atom. The highest BCUT2D eigenvalue weighted by molar-refractivity contribution is 6.85. The molecule has 0 amide bonds. The summed E-state index contributed by atoms with van der Waals surface area (Å²) in [6, 6.07) is 20.0. The van der Waals surface area contributed by atoms with Crippen molar-refractivity contribution in [2.45, 2.75) is 0 Å². The molecular formula is C13H14F2Si. The largest absolute Gasteiger partial charge is 0.269 e. The lowest BCUT2D eigenvalue weighted by atomic mass is 10.4. The Kier molecular flexibility index (Phi) is 4.86. The molecule has 0 atom stereocenters. The van der Waals surface area contributed by atoms with Gasteiger partial charge in [-0.1, -0.05) is 71.0 Å². The second kappa shape index (κ2) is 6.18. The van der Waals surface area contributed by atoms with E-state index in [0.717, 1.165) is 0 Å². The maximum atomic E-state index is 13.1. The van der Waals surface area contributed by atoms with Crippen molar-refractivity contribution in [1.82, 2.24) is 0 Å². The number of rotatable bonds is 3. The Hall–Kier alpha value is -1.48. The molecule has 16 heavy (non-hydrogen) atoms. The molecule has 0 fully saturated rings. The van der Waals surface area contributed by atoms with Crippen molar-refractivity contribution < 1.29 is 9.09 Å².